The largest absolute Gasteiger partial charge is 0.376 e. The summed E-state index contributed by atoms with van der Waals surface area (Å²) in [6.07, 6.45) is 6.13. The van der Waals surface area contributed by atoms with E-state index in [-0.39, 0.29) is 24.7 Å². The maximum atomic E-state index is 11.6. The smallest absolute Gasteiger partial charge is 0.246 e. The van der Waals surface area contributed by atoms with Crippen molar-refractivity contribution in [3.8, 4) is 0 Å². The first kappa shape index (κ1) is 12.8. The fourth-order valence-electron chi connectivity index (χ4n) is 2.29. The zero-order chi connectivity index (χ0) is 12.1. The average molecular weight is 241 g/mol. The van der Waals surface area contributed by atoms with E-state index in [0.29, 0.717) is 6.61 Å². The number of carbonyl (C=O) groups excluding carboxylic acids is 1. The van der Waals surface area contributed by atoms with Crippen molar-refractivity contribution in [2.45, 2.75) is 51.2 Å². The Balaban J connectivity index is 1.50. The van der Waals surface area contributed by atoms with E-state index in [2.05, 4.69) is 12.2 Å². The van der Waals surface area contributed by atoms with E-state index >= 15 is 0 Å². The lowest BCUT2D eigenvalue weighted by molar-refractivity contribution is -0.127. The van der Waals surface area contributed by atoms with Crippen LogP contribution in [0.1, 0.15) is 39.0 Å². The van der Waals surface area contributed by atoms with Crippen molar-refractivity contribution in [1.29, 1.82) is 0 Å². The Bertz CT molecular complexity index is 247. The predicted molar refractivity (Wildman–Crippen MR) is 64.7 cm³/mol. The molecule has 2 fully saturated rings. The number of ether oxygens (including phenoxy) is 2. The first-order chi connectivity index (χ1) is 8.24. The third-order valence-electron chi connectivity index (χ3n) is 3.35. The number of hydrogen-bond donors (Lipinski definition) is 1. The molecular formula is C13H23NO3. The molecule has 1 saturated carbocycles. The van der Waals surface area contributed by atoms with Gasteiger partial charge < -0.3 is 14.8 Å². The minimum atomic E-state index is -0.00357. The van der Waals surface area contributed by atoms with Gasteiger partial charge in [-0.1, -0.05) is 12.8 Å². The monoisotopic (exact) mass is 241 g/mol. The van der Waals surface area contributed by atoms with Crippen molar-refractivity contribution in [2.75, 3.05) is 19.8 Å². The van der Waals surface area contributed by atoms with E-state index < -0.39 is 0 Å². The lowest BCUT2D eigenvalue weighted by Crippen LogP contribution is -2.36. The molecule has 0 spiro atoms. The molecule has 1 amide bonds. The minimum absolute atomic E-state index is 0.00357. The highest BCUT2D eigenvalue weighted by Crippen LogP contribution is 2.33. The molecule has 0 radical (unpaired) electrons. The van der Waals surface area contributed by atoms with Gasteiger partial charge in [-0.3, -0.25) is 4.79 Å². The number of hydrogen-bond acceptors (Lipinski definition) is 3. The number of nitrogens with one attached hydrogen (secondary N) is 1. The highest BCUT2D eigenvalue weighted by Gasteiger charge is 2.24. The molecule has 0 unspecified atom stereocenters. The van der Waals surface area contributed by atoms with Gasteiger partial charge >= 0.3 is 0 Å². The molecule has 2 aliphatic rings. The molecule has 4 heteroatoms. The summed E-state index contributed by atoms with van der Waals surface area (Å²) in [4.78, 5) is 11.6. The second-order valence-electron chi connectivity index (χ2n) is 5.30. The summed E-state index contributed by atoms with van der Waals surface area (Å²) < 4.78 is 10.8. The zero-order valence-corrected chi connectivity index (χ0v) is 10.6. The first-order valence-corrected chi connectivity index (χ1v) is 6.72. The number of rotatable bonds is 7. The standard InChI is InChI=1S/C13H23NO3/c1-10(7-11-4-5-11)14-13(15)9-16-8-12-3-2-6-17-12/h10-12H,2-9H2,1H3,(H,14,15)/t10-,12+/m1/s1. The van der Waals surface area contributed by atoms with Gasteiger partial charge in [0.05, 0.1) is 12.7 Å². The maximum Gasteiger partial charge on any atom is 0.246 e. The van der Waals surface area contributed by atoms with Gasteiger partial charge in [-0.25, -0.2) is 0 Å². The summed E-state index contributed by atoms with van der Waals surface area (Å²) in [5.74, 6) is 0.842. The van der Waals surface area contributed by atoms with Crippen molar-refractivity contribution < 1.29 is 14.3 Å². The molecule has 0 aromatic rings. The van der Waals surface area contributed by atoms with Crippen molar-refractivity contribution in [1.82, 2.24) is 5.32 Å². The molecule has 0 bridgehead atoms. The molecule has 1 N–H and O–H groups in total. The summed E-state index contributed by atoms with van der Waals surface area (Å²) in [6.45, 7) is 3.61. The van der Waals surface area contributed by atoms with Crippen LogP contribution in [-0.2, 0) is 14.3 Å². The Morgan fingerprint density at radius 1 is 1.47 bits per heavy atom. The SMILES string of the molecule is C[C@H](CC1CC1)NC(=O)COC[C@@H]1CCCO1. The molecule has 1 aliphatic carbocycles. The molecular weight excluding hydrogens is 218 g/mol. The minimum Gasteiger partial charge on any atom is -0.376 e. The molecule has 17 heavy (non-hydrogen) atoms. The third kappa shape index (κ3) is 5.04. The molecule has 0 aromatic carbocycles. The van der Waals surface area contributed by atoms with Gasteiger partial charge in [-0.2, -0.15) is 0 Å². The fourth-order valence-corrected chi connectivity index (χ4v) is 2.29. The lowest BCUT2D eigenvalue weighted by Gasteiger charge is -2.14. The van der Waals surface area contributed by atoms with Crippen LogP contribution in [0.4, 0.5) is 0 Å². The van der Waals surface area contributed by atoms with E-state index in [4.69, 9.17) is 9.47 Å². The lowest BCUT2D eigenvalue weighted by atomic mass is 10.1. The zero-order valence-electron chi connectivity index (χ0n) is 10.6. The molecule has 1 aliphatic heterocycles. The third-order valence-corrected chi connectivity index (χ3v) is 3.35. The molecule has 0 aromatic heterocycles. The van der Waals surface area contributed by atoms with Crippen molar-refractivity contribution in [3.05, 3.63) is 0 Å². The van der Waals surface area contributed by atoms with E-state index in [1.807, 2.05) is 0 Å². The molecule has 2 rings (SSSR count). The van der Waals surface area contributed by atoms with E-state index in [0.717, 1.165) is 31.8 Å². The van der Waals surface area contributed by atoms with Gasteiger partial charge in [0, 0.05) is 12.6 Å². The summed E-state index contributed by atoms with van der Waals surface area (Å²) in [6, 6.07) is 0.279. The second kappa shape index (κ2) is 6.36. The number of amides is 1. The van der Waals surface area contributed by atoms with Crippen LogP contribution in [-0.4, -0.2) is 37.9 Å². The highest BCUT2D eigenvalue weighted by atomic mass is 16.5. The van der Waals surface area contributed by atoms with Crippen molar-refractivity contribution in [2.24, 2.45) is 5.92 Å². The van der Waals surface area contributed by atoms with Gasteiger partial charge in [0.15, 0.2) is 0 Å². The van der Waals surface area contributed by atoms with Gasteiger partial charge in [0.1, 0.15) is 6.61 Å². The molecule has 1 saturated heterocycles. The second-order valence-corrected chi connectivity index (χ2v) is 5.30. The van der Waals surface area contributed by atoms with Gasteiger partial charge in [-0.05, 0) is 32.1 Å². The van der Waals surface area contributed by atoms with Crippen molar-refractivity contribution >= 4 is 5.91 Å². The van der Waals surface area contributed by atoms with Crippen LogP contribution in [0.3, 0.4) is 0 Å². The van der Waals surface area contributed by atoms with Crippen LogP contribution in [0.15, 0.2) is 0 Å². The topological polar surface area (TPSA) is 47.6 Å². The number of carbonyl (C=O) groups is 1. The van der Waals surface area contributed by atoms with E-state index in [9.17, 15) is 4.79 Å². The Morgan fingerprint density at radius 3 is 2.94 bits per heavy atom. The van der Waals surface area contributed by atoms with Crippen LogP contribution in [0.25, 0.3) is 0 Å². The summed E-state index contributed by atoms with van der Waals surface area (Å²) in [7, 11) is 0. The van der Waals surface area contributed by atoms with Gasteiger partial charge in [-0.15, -0.1) is 0 Å². The molecule has 98 valence electrons. The normalized spacial score (nSPS) is 25.8. The maximum absolute atomic E-state index is 11.6. The quantitative estimate of drug-likeness (QED) is 0.734. The Hall–Kier alpha value is -0.610. The summed E-state index contributed by atoms with van der Waals surface area (Å²) in [5.41, 5.74) is 0. The molecule has 2 atom stereocenters. The molecule has 1 heterocycles. The van der Waals surface area contributed by atoms with Crippen LogP contribution in [0, 0.1) is 5.92 Å². The summed E-state index contributed by atoms with van der Waals surface area (Å²) >= 11 is 0. The van der Waals surface area contributed by atoms with Crippen molar-refractivity contribution in [3.63, 3.8) is 0 Å². The predicted octanol–water partition coefficient (Wildman–Crippen LogP) is 1.49. The van der Waals surface area contributed by atoms with E-state index in [1.54, 1.807) is 0 Å². The van der Waals surface area contributed by atoms with Gasteiger partial charge in [0.2, 0.25) is 5.91 Å². The first-order valence-electron chi connectivity index (χ1n) is 6.72. The van der Waals surface area contributed by atoms with E-state index in [1.165, 1.54) is 12.8 Å². The van der Waals surface area contributed by atoms with Crippen LogP contribution in [0.5, 0.6) is 0 Å². The van der Waals surface area contributed by atoms with Crippen LogP contribution in [0.2, 0.25) is 0 Å². The van der Waals surface area contributed by atoms with Crippen LogP contribution < -0.4 is 5.32 Å². The Labute approximate surface area is 103 Å². The highest BCUT2D eigenvalue weighted by molar-refractivity contribution is 5.77. The Kier molecular flexibility index (Phi) is 4.80. The molecule has 4 nitrogen and oxygen atoms in total. The Morgan fingerprint density at radius 2 is 2.29 bits per heavy atom. The average Bonchev–Trinajstić information content (AvgIpc) is 2.93. The van der Waals surface area contributed by atoms with Crippen LogP contribution >= 0.6 is 0 Å². The summed E-state index contributed by atoms with van der Waals surface area (Å²) in [5, 5.41) is 2.97. The van der Waals surface area contributed by atoms with Gasteiger partial charge in [0.25, 0.3) is 0 Å². The fraction of sp³-hybridized carbons (Fsp3) is 0.923.